The molecule has 1 amide bonds. The fourth-order valence-electron chi connectivity index (χ4n) is 3.74. The number of benzene rings is 3. The Hall–Kier alpha value is -4.39. The van der Waals surface area contributed by atoms with E-state index in [9.17, 15) is 24.6 Å². The second kappa shape index (κ2) is 8.39. The summed E-state index contributed by atoms with van der Waals surface area (Å²) < 4.78 is 5.20. The molecule has 0 saturated carbocycles. The summed E-state index contributed by atoms with van der Waals surface area (Å²) >= 11 is 0. The van der Waals surface area contributed by atoms with Gasteiger partial charge in [0.15, 0.2) is 0 Å². The van der Waals surface area contributed by atoms with Gasteiger partial charge in [0, 0.05) is 11.3 Å². The van der Waals surface area contributed by atoms with E-state index >= 15 is 0 Å². The van der Waals surface area contributed by atoms with Gasteiger partial charge in [0.2, 0.25) is 0 Å². The third-order valence-electron chi connectivity index (χ3n) is 5.29. The molecule has 1 aliphatic heterocycles. The van der Waals surface area contributed by atoms with E-state index in [2.05, 4.69) is 0 Å². The minimum atomic E-state index is -1.16. The van der Waals surface area contributed by atoms with Crippen LogP contribution in [0.5, 0.6) is 5.75 Å². The Kier molecular flexibility index (Phi) is 5.47. The molecule has 3 aromatic carbocycles. The molecule has 3 aromatic rings. The van der Waals surface area contributed by atoms with Crippen LogP contribution in [0.4, 0.5) is 5.69 Å². The number of carboxylic acid groups (broad SMARTS) is 1. The first-order valence-corrected chi connectivity index (χ1v) is 9.76. The zero-order valence-electron chi connectivity index (χ0n) is 17.1. The molecule has 1 saturated heterocycles. The van der Waals surface area contributed by atoms with Crippen molar-refractivity contribution in [2.24, 2.45) is 0 Å². The van der Waals surface area contributed by atoms with Crippen molar-refractivity contribution in [1.82, 2.24) is 0 Å². The topological polar surface area (TPSA) is 104 Å². The average molecular weight is 429 g/mol. The Morgan fingerprint density at radius 1 is 0.875 bits per heavy atom. The summed E-state index contributed by atoms with van der Waals surface area (Å²) in [6, 6.07) is 20.1. The van der Waals surface area contributed by atoms with Gasteiger partial charge in [0.1, 0.15) is 11.5 Å². The molecule has 160 valence electrons. The highest BCUT2D eigenvalue weighted by Gasteiger charge is 2.47. The maximum atomic E-state index is 13.1. The van der Waals surface area contributed by atoms with Crippen molar-refractivity contribution >= 4 is 29.1 Å². The van der Waals surface area contributed by atoms with Crippen LogP contribution in [0.15, 0.2) is 84.4 Å². The molecular formula is C25H19NO6. The number of ether oxygens (including phenoxy) is 1. The van der Waals surface area contributed by atoms with Gasteiger partial charge >= 0.3 is 5.97 Å². The number of rotatable bonds is 5. The molecule has 7 nitrogen and oxygen atoms in total. The van der Waals surface area contributed by atoms with Crippen LogP contribution in [0.1, 0.15) is 27.5 Å². The monoisotopic (exact) mass is 429 g/mol. The van der Waals surface area contributed by atoms with Gasteiger partial charge < -0.3 is 14.9 Å². The van der Waals surface area contributed by atoms with Gasteiger partial charge in [0.25, 0.3) is 11.7 Å². The number of aromatic carboxylic acids is 1. The van der Waals surface area contributed by atoms with Gasteiger partial charge in [0.05, 0.1) is 24.3 Å². The lowest BCUT2D eigenvalue weighted by Crippen LogP contribution is -2.29. The van der Waals surface area contributed by atoms with Crippen LogP contribution < -0.4 is 9.64 Å². The molecule has 1 fully saturated rings. The minimum Gasteiger partial charge on any atom is -0.507 e. The van der Waals surface area contributed by atoms with Gasteiger partial charge in [-0.25, -0.2) is 4.79 Å². The van der Waals surface area contributed by atoms with E-state index < -0.39 is 23.7 Å². The Bertz CT molecular complexity index is 1230. The third-order valence-corrected chi connectivity index (χ3v) is 5.29. The molecule has 0 spiro atoms. The van der Waals surface area contributed by atoms with Crippen molar-refractivity contribution in [3.05, 3.63) is 101 Å². The number of hydrogen-bond acceptors (Lipinski definition) is 5. The number of carbonyl (C=O) groups excluding carboxylic acids is 2. The van der Waals surface area contributed by atoms with E-state index in [0.29, 0.717) is 16.9 Å². The van der Waals surface area contributed by atoms with E-state index in [-0.39, 0.29) is 22.6 Å². The quantitative estimate of drug-likeness (QED) is 0.361. The van der Waals surface area contributed by atoms with Gasteiger partial charge in [-0.2, -0.15) is 0 Å². The first-order chi connectivity index (χ1) is 15.4. The standard InChI is InChI=1S/C25H19NO6/c1-32-19-12-10-15(11-13-19)21-20(22(27)16-6-3-2-4-7-16)23(28)24(29)26(21)18-9-5-8-17(14-18)25(30)31/h2-14,21,27H,1H3,(H,30,31)/t21-/m1/s1. The molecule has 1 aliphatic rings. The molecule has 0 unspecified atom stereocenters. The summed E-state index contributed by atoms with van der Waals surface area (Å²) in [5, 5.41) is 20.4. The predicted octanol–water partition coefficient (Wildman–Crippen LogP) is 4.02. The number of Topliss-reactive ketones (excluding diaryl/α,β-unsaturated/α-hetero) is 1. The smallest absolute Gasteiger partial charge is 0.335 e. The van der Waals surface area contributed by atoms with E-state index in [1.165, 1.54) is 30.2 Å². The SMILES string of the molecule is COc1ccc([C@@H]2C(=C(O)c3ccccc3)C(=O)C(=O)N2c2cccc(C(=O)O)c2)cc1. The van der Waals surface area contributed by atoms with Crippen LogP contribution in [-0.4, -0.2) is 35.0 Å². The molecule has 0 aromatic heterocycles. The maximum Gasteiger partial charge on any atom is 0.335 e. The van der Waals surface area contributed by atoms with Crippen LogP contribution in [0.25, 0.3) is 5.76 Å². The number of methoxy groups -OCH3 is 1. The van der Waals surface area contributed by atoms with Gasteiger partial charge in [-0.05, 0) is 35.9 Å². The molecule has 7 heteroatoms. The molecule has 0 aliphatic carbocycles. The van der Waals surface area contributed by atoms with E-state index in [1.54, 1.807) is 60.7 Å². The highest BCUT2D eigenvalue weighted by atomic mass is 16.5. The Morgan fingerprint density at radius 3 is 2.16 bits per heavy atom. The van der Waals surface area contributed by atoms with Gasteiger partial charge in [-0.15, -0.1) is 0 Å². The molecule has 0 radical (unpaired) electrons. The molecule has 0 bridgehead atoms. The summed E-state index contributed by atoms with van der Waals surface area (Å²) in [5.74, 6) is -2.59. The molecule has 32 heavy (non-hydrogen) atoms. The minimum absolute atomic E-state index is 0.0269. The lowest BCUT2D eigenvalue weighted by molar-refractivity contribution is -0.132. The van der Waals surface area contributed by atoms with Crippen molar-refractivity contribution in [2.75, 3.05) is 12.0 Å². The Morgan fingerprint density at radius 2 is 1.53 bits per heavy atom. The van der Waals surface area contributed by atoms with Crippen molar-refractivity contribution in [1.29, 1.82) is 0 Å². The summed E-state index contributed by atoms with van der Waals surface area (Å²) in [7, 11) is 1.52. The van der Waals surface area contributed by atoms with Crippen molar-refractivity contribution in [3.8, 4) is 5.75 Å². The first kappa shape index (κ1) is 20.9. The average Bonchev–Trinajstić information content (AvgIpc) is 3.09. The van der Waals surface area contributed by atoms with Crippen LogP contribution >= 0.6 is 0 Å². The fraction of sp³-hybridized carbons (Fsp3) is 0.0800. The number of nitrogens with zero attached hydrogens (tertiary/aromatic N) is 1. The molecule has 2 N–H and O–H groups in total. The summed E-state index contributed by atoms with van der Waals surface area (Å²) in [4.78, 5) is 38.9. The van der Waals surface area contributed by atoms with Crippen LogP contribution in [0.2, 0.25) is 0 Å². The van der Waals surface area contributed by atoms with Crippen LogP contribution in [0.3, 0.4) is 0 Å². The molecule has 4 rings (SSSR count). The van der Waals surface area contributed by atoms with Crippen molar-refractivity contribution in [3.63, 3.8) is 0 Å². The highest BCUT2D eigenvalue weighted by molar-refractivity contribution is 6.51. The molecular weight excluding hydrogens is 410 g/mol. The lowest BCUT2D eigenvalue weighted by Gasteiger charge is -2.25. The van der Waals surface area contributed by atoms with E-state index in [4.69, 9.17) is 4.74 Å². The summed E-state index contributed by atoms with van der Waals surface area (Å²) in [6.45, 7) is 0. The number of amides is 1. The van der Waals surface area contributed by atoms with Crippen molar-refractivity contribution in [2.45, 2.75) is 6.04 Å². The lowest BCUT2D eigenvalue weighted by atomic mass is 9.95. The maximum absolute atomic E-state index is 13.1. The number of hydrogen-bond donors (Lipinski definition) is 2. The van der Waals surface area contributed by atoms with Gasteiger partial charge in [-0.3, -0.25) is 14.5 Å². The third kappa shape index (κ3) is 3.60. The summed E-state index contributed by atoms with van der Waals surface area (Å²) in [5.41, 5.74) is 1.08. The number of carboxylic acids is 1. The van der Waals surface area contributed by atoms with Crippen molar-refractivity contribution < 1.29 is 29.3 Å². The van der Waals surface area contributed by atoms with Gasteiger partial charge in [-0.1, -0.05) is 48.5 Å². The van der Waals surface area contributed by atoms with E-state index in [1.807, 2.05) is 0 Å². The second-order valence-electron chi connectivity index (χ2n) is 7.16. The van der Waals surface area contributed by atoms with Crippen LogP contribution in [-0.2, 0) is 9.59 Å². The van der Waals surface area contributed by atoms with Crippen LogP contribution in [0, 0.1) is 0 Å². The Balaban J connectivity index is 1.94. The normalized spacial score (nSPS) is 17.4. The molecule has 1 heterocycles. The number of aliphatic hydroxyl groups is 1. The fourth-order valence-corrected chi connectivity index (χ4v) is 3.74. The number of aliphatic hydroxyl groups excluding tert-OH is 1. The number of ketones is 1. The summed E-state index contributed by atoms with van der Waals surface area (Å²) in [6.07, 6.45) is 0. The largest absolute Gasteiger partial charge is 0.507 e. The number of carbonyl (C=O) groups is 3. The van der Waals surface area contributed by atoms with E-state index in [0.717, 1.165) is 0 Å². The molecule has 1 atom stereocenters. The zero-order valence-corrected chi connectivity index (χ0v) is 17.1. The Labute approximate surface area is 183 Å². The zero-order chi connectivity index (χ0) is 22.8. The second-order valence-corrected chi connectivity index (χ2v) is 7.16. The first-order valence-electron chi connectivity index (χ1n) is 9.76. The number of anilines is 1. The predicted molar refractivity (Wildman–Crippen MR) is 118 cm³/mol. The highest BCUT2D eigenvalue weighted by Crippen LogP contribution is 2.42.